The van der Waals surface area contributed by atoms with Gasteiger partial charge in [-0.15, -0.1) is 0 Å². The highest BCUT2D eigenvalue weighted by atomic mass is 16.5. The van der Waals surface area contributed by atoms with Crippen LogP contribution in [0.5, 0.6) is 0 Å². The van der Waals surface area contributed by atoms with Gasteiger partial charge in [-0.25, -0.2) is 0 Å². The van der Waals surface area contributed by atoms with Gasteiger partial charge in [0.25, 0.3) is 0 Å². The molecule has 0 aromatic heterocycles. The molecule has 0 aromatic carbocycles. The van der Waals surface area contributed by atoms with Gasteiger partial charge in [0.05, 0.1) is 18.8 Å². The van der Waals surface area contributed by atoms with Gasteiger partial charge in [-0.3, -0.25) is 0 Å². The van der Waals surface area contributed by atoms with Crippen molar-refractivity contribution in [1.82, 2.24) is 5.32 Å². The van der Waals surface area contributed by atoms with Gasteiger partial charge in [0.15, 0.2) is 0 Å². The predicted molar refractivity (Wildman–Crippen MR) is 80.6 cm³/mol. The number of hydrogen-bond acceptors (Lipinski definition) is 3. The van der Waals surface area contributed by atoms with Crippen molar-refractivity contribution in [2.24, 2.45) is 0 Å². The molecule has 0 aromatic rings. The summed E-state index contributed by atoms with van der Waals surface area (Å²) >= 11 is 0. The summed E-state index contributed by atoms with van der Waals surface area (Å²) in [5.74, 6) is 0. The van der Waals surface area contributed by atoms with Crippen molar-refractivity contribution in [1.29, 1.82) is 0 Å². The molecule has 0 amide bonds. The normalized spacial score (nSPS) is 19.6. The first-order valence-corrected chi connectivity index (χ1v) is 7.94. The molecule has 1 N–H and O–H groups in total. The molecular formula is C16H33NO2. The van der Waals surface area contributed by atoms with E-state index in [4.69, 9.17) is 9.47 Å². The zero-order valence-corrected chi connectivity index (χ0v) is 13.4. The van der Waals surface area contributed by atoms with Gasteiger partial charge in [-0.1, -0.05) is 26.2 Å². The monoisotopic (exact) mass is 271 g/mol. The molecule has 0 heterocycles. The molecule has 114 valence electrons. The van der Waals surface area contributed by atoms with Crippen LogP contribution < -0.4 is 5.32 Å². The largest absolute Gasteiger partial charge is 0.379 e. The smallest absolute Gasteiger partial charge is 0.0807 e. The lowest BCUT2D eigenvalue weighted by atomic mass is 9.84. The van der Waals surface area contributed by atoms with Crippen molar-refractivity contribution in [3.8, 4) is 0 Å². The first kappa shape index (κ1) is 16.9. The van der Waals surface area contributed by atoms with Gasteiger partial charge < -0.3 is 14.8 Å². The number of rotatable bonds is 8. The fourth-order valence-electron chi connectivity index (χ4n) is 2.56. The van der Waals surface area contributed by atoms with E-state index in [9.17, 15) is 0 Å². The Morgan fingerprint density at radius 3 is 2.26 bits per heavy atom. The van der Waals surface area contributed by atoms with Gasteiger partial charge in [0, 0.05) is 18.7 Å². The van der Waals surface area contributed by atoms with Gasteiger partial charge in [0.2, 0.25) is 0 Å². The molecule has 19 heavy (non-hydrogen) atoms. The van der Waals surface area contributed by atoms with E-state index in [1.807, 2.05) is 0 Å². The molecule has 1 aliphatic carbocycles. The SMILES string of the molecule is CCCOCCOC1(CNC(C)(C)C)CCCCC1. The average Bonchev–Trinajstić information content (AvgIpc) is 2.37. The maximum absolute atomic E-state index is 6.23. The van der Waals surface area contributed by atoms with Crippen molar-refractivity contribution in [2.45, 2.75) is 77.4 Å². The minimum absolute atomic E-state index is 0.0428. The summed E-state index contributed by atoms with van der Waals surface area (Å²) in [6.07, 6.45) is 7.39. The summed E-state index contributed by atoms with van der Waals surface area (Å²) in [6, 6.07) is 0. The van der Waals surface area contributed by atoms with E-state index < -0.39 is 0 Å². The fraction of sp³-hybridized carbons (Fsp3) is 1.00. The first-order valence-electron chi connectivity index (χ1n) is 7.94. The molecule has 0 aliphatic heterocycles. The Morgan fingerprint density at radius 1 is 1.00 bits per heavy atom. The summed E-state index contributed by atoms with van der Waals surface area (Å²) in [4.78, 5) is 0. The summed E-state index contributed by atoms with van der Waals surface area (Å²) in [7, 11) is 0. The Hall–Kier alpha value is -0.120. The van der Waals surface area contributed by atoms with Crippen molar-refractivity contribution in [3.63, 3.8) is 0 Å². The van der Waals surface area contributed by atoms with E-state index >= 15 is 0 Å². The highest BCUT2D eigenvalue weighted by Crippen LogP contribution is 2.31. The summed E-state index contributed by atoms with van der Waals surface area (Å²) in [5.41, 5.74) is 0.202. The zero-order valence-electron chi connectivity index (χ0n) is 13.4. The maximum atomic E-state index is 6.23. The van der Waals surface area contributed by atoms with Gasteiger partial charge in [0.1, 0.15) is 0 Å². The molecule has 0 unspecified atom stereocenters. The minimum atomic E-state index is 0.0428. The molecule has 0 bridgehead atoms. The van der Waals surface area contributed by atoms with Gasteiger partial charge in [-0.05, 0) is 40.0 Å². The van der Waals surface area contributed by atoms with Crippen molar-refractivity contribution >= 4 is 0 Å². The van der Waals surface area contributed by atoms with Gasteiger partial charge in [-0.2, -0.15) is 0 Å². The number of ether oxygens (including phenoxy) is 2. The van der Waals surface area contributed by atoms with Crippen molar-refractivity contribution in [3.05, 3.63) is 0 Å². The van der Waals surface area contributed by atoms with Crippen LogP contribution >= 0.6 is 0 Å². The molecule has 3 heteroatoms. The second-order valence-electron chi connectivity index (χ2n) is 6.81. The van der Waals surface area contributed by atoms with Crippen LogP contribution in [0.25, 0.3) is 0 Å². The Kier molecular flexibility index (Phi) is 7.33. The summed E-state index contributed by atoms with van der Waals surface area (Å²) in [5, 5.41) is 3.62. The molecule has 0 radical (unpaired) electrons. The molecule has 0 spiro atoms. The molecule has 0 saturated heterocycles. The van der Waals surface area contributed by atoms with Crippen LogP contribution in [0.2, 0.25) is 0 Å². The standard InChI is InChI=1S/C16H33NO2/c1-5-11-18-12-13-19-16(9-7-6-8-10-16)14-17-15(2,3)4/h17H,5-14H2,1-4H3. The average molecular weight is 271 g/mol. The maximum Gasteiger partial charge on any atom is 0.0807 e. The summed E-state index contributed by atoms with van der Waals surface area (Å²) in [6.45, 7) is 12.0. The Labute approximate surface area is 119 Å². The minimum Gasteiger partial charge on any atom is -0.379 e. The topological polar surface area (TPSA) is 30.5 Å². The van der Waals surface area contributed by atoms with E-state index in [1.165, 1.54) is 32.1 Å². The third kappa shape index (κ3) is 7.28. The lowest BCUT2D eigenvalue weighted by Gasteiger charge is -2.39. The van der Waals surface area contributed by atoms with E-state index in [0.717, 1.165) is 32.8 Å². The van der Waals surface area contributed by atoms with Crippen molar-refractivity contribution in [2.75, 3.05) is 26.4 Å². The summed E-state index contributed by atoms with van der Waals surface area (Å²) < 4.78 is 11.7. The molecule has 3 nitrogen and oxygen atoms in total. The second-order valence-corrected chi connectivity index (χ2v) is 6.81. The zero-order chi connectivity index (χ0) is 14.2. The second kappa shape index (κ2) is 8.23. The van der Waals surface area contributed by atoms with E-state index in [-0.39, 0.29) is 11.1 Å². The van der Waals surface area contributed by atoms with Crippen LogP contribution in [0.1, 0.15) is 66.2 Å². The third-order valence-electron chi connectivity index (χ3n) is 3.69. The van der Waals surface area contributed by atoms with E-state index in [1.54, 1.807) is 0 Å². The van der Waals surface area contributed by atoms with E-state index in [0.29, 0.717) is 0 Å². The molecule has 0 atom stereocenters. The van der Waals surface area contributed by atoms with Crippen LogP contribution in [0.4, 0.5) is 0 Å². The molecular weight excluding hydrogens is 238 g/mol. The number of hydrogen-bond donors (Lipinski definition) is 1. The highest BCUT2D eigenvalue weighted by molar-refractivity contribution is 4.89. The van der Waals surface area contributed by atoms with Crippen LogP contribution in [0.15, 0.2) is 0 Å². The lowest BCUT2D eigenvalue weighted by Crippen LogP contribution is -2.50. The lowest BCUT2D eigenvalue weighted by molar-refractivity contribution is -0.0884. The molecule has 1 aliphatic rings. The Balaban J connectivity index is 2.36. The predicted octanol–water partition coefficient (Wildman–Crippen LogP) is 3.52. The Morgan fingerprint density at radius 2 is 1.68 bits per heavy atom. The fourth-order valence-corrected chi connectivity index (χ4v) is 2.56. The molecule has 1 saturated carbocycles. The van der Waals surface area contributed by atoms with Crippen LogP contribution in [-0.2, 0) is 9.47 Å². The van der Waals surface area contributed by atoms with Gasteiger partial charge >= 0.3 is 0 Å². The van der Waals surface area contributed by atoms with Crippen LogP contribution in [0, 0.1) is 0 Å². The third-order valence-corrected chi connectivity index (χ3v) is 3.69. The Bertz CT molecular complexity index is 229. The number of nitrogens with one attached hydrogen (secondary N) is 1. The first-order chi connectivity index (χ1) is 8.97. The van der Waals surface area contributed by atoms with Crippen LogP contribution in [0.3, 0.4) is 0 Å². The molecule has 1 rings (SSSR count). The van der Waals surface area contributed by atoms with E-state index in [2.05, 4.69) is 33.0 Å². The van der Waals surface area contributed by atoms with Crippen molar-refractivity contribution < 1.29 is 9.47 Å². The van der Waals surface area contributed by atoms with Crippen LogP contribution in [-0.4, -0.2) is 37.5 Å². The quantitative estimate of drug-likeness (QED) is 0.685. The molecule has 1 fully saturated rings. The highest BCUT2D eigenvalue weighted by Gasteiger charge is 2.33.